The maximum absolute atomic E-state index is 13.0. The van der Waals surface area contributed by atoms with Gasteiger partial charge in [0, 0.05) is 17.6 Å². The Labute approximate surface area is 208 Å². The standard InChI is InChI=1S/C23H32BrN3O5S/c1-4-5-6-11-31-20(28)13-18-22(30)25-9-10-27(18)23(33)26-21(29)17-12-16(24)7-8-19(17)32-14-15(2)3/h7-8,12,15,18H,4-6,9-11,13-14H2,1-3H3,(H,25,30)(H,26,29,33). The van der Waals surface area contributed by atoms with E-state index < -0.39 is 17.9 Å². The number of ether oxygens (including phenoxy) is 2. The summed E-state index contributed by atoms with van der Waals surface area (Å²) in [6, 6.07) is 4.32. The fourth-order valence-electron chi connectivity index (χ4n) is 3.21. The Morgan fingerprint density at radius 2 is 2.09 bits per heavy atom. The predicted molar refractivity (Wildman–Crippen MR) is 133 cm³/mol. The van der Waals surface area contributed by atoms with Crippen LogP contribution in [-0.2, 0) is 14.3 Å². The average Bonchev–Trinajstić information content (AvgIpc) is 2.77. The van der Waals surface area contributed by atoms with Crippen LogP contribution in [0.15, 0.2) is 22.7 Å². The summed E-state index contributed by atoms with van der Waals surface area (Å²) in [5.41, 5.74) is 0.320. The number of hydrogen-bond acceptors (Lipinski definition) is 6. The first kappa shape index (κ1) is 27.0. The second kappa shape index (κ2) is 13.5. The summed E-state index contributed by atoms with van der Waals surface area (Å²) in [6.45, 7) is 7.61. The van der Waals surface area contributed by atoms with E-state index in [0.717, 1.165) is 23.7 Å². The maximum atomic E-state index is 13.0. The van der Waals surface area contributed by atoms with E-state index in [0.29, 0.717) is 43.5 Å². The van der Waals surface area contributed by atoms with Gasteiger partial charge >= 0.3 is 5.97 Å². The van der Waals surface area contributed by atoms with Gasteiger partial charge in [-0.25, -0.2) is 0 Å². The van der Waals surface area contributed by atoms with Gasteiger partial charge in [0.05, 0.1) is 25.2 Å². The molecule has 1 atom stereocenters. The van der Waals surface area contributed by atoms with E-state index in [4.69, 9.17) is 21.7 Å². The molecule has 0 aromatic heterocycles. The third kappa shape index (κ3) is 8.58. The summed E-state index contributed by atoms with van der Waals surface area (Å²) >= 11 is 8.83. The molecule has 1 unspecified atom stereocenters. The highest BCUT2D eigenvalue weighted by Gasteiger charge is 2.34. The van der Waals surface area contributed by atoms with Crippen LogP contribution in [0.25, 0.3) is 0 Å². The lowest BCUT2D eigenvalue weighted by molar-refractivity contribution is -0.147. The minimum Gasteiger partial charge on any atom is -0.492 e. The average molecular weight is 542 g/mol. The molecule has 1 aromatic rings. The van der Waals surface area contributed by atoms with Gasteiger partial charge in [0.1, 0.15) is 11.8 Å². The SMILES string of the molecule is CCCCCOC(=O)CC1C(=O)NCCN1C(=S)NC(=O)c1cc(Br)ccc1OCC(C)C. The van der Waals surface area contributed by atoms with Crippen molar-refractivity contribution in [2.75, 3.05) is 26.3 Å². The Morgan fingerprint density at radius 3 is 2.79 bits per heavy atom. The molecule has 0 bridgehead atoms. The first-order valence-electron chi connectivity index (χ1n) is 11.2. The Hall–Kier alpha value is -2.20. The molecule has 1 aliphatic heterocycles. The van der Waals surface area contributed by atoms with Crippen molar-refractivity contribution in [1.29, 1.82) is 0 Å². The molecular weight excluding hydrogens is 510 g/mol. The summed E-state index contributed by atoms with van der Waals surface area (Å²) in [6.07, 6.45) is 2.63. The lowest BCUT2D eigenvalue weighted by Gasteiger charge is -2.36. The van der Waals surface area contributed by atoms with Crippen LogP contribution in [0.1, 0.15) is 56.8 Å². The van der Waals surface area contributed by atoms with Gasteiger partial charge in [-0.3, -0.25) is 19.7 Å². The van der Waals surface area contributed by atoms with Crippen LogP contribution in [0.5, 0.6) is 5.75 Å². The molecule has 1 aliphatic rings. The number of hydrogen-bond donors (Lipinski definition) is 2. The molecule has 182 valence electrons. The van der Waals surface area contributed by atoms with Crippen LogP contribution < -0.4 is 15.4 Å². The zero-order chi connectivity index (χ0) is 24.4. The summed E-state index contributed by atoms with van der Waals surface area (Å²) in [4.78, 5) is 39.3. The molecule has 10 heteroatoms. The van der Waals surface area contributed by atoms with E-state index in [1.54, 1.807) is 23.1 Å². The summed E-state index contributed by atoms with van der Waals surface area (Å²) in [5.74, 6) is -0.516. The third-order valence-corrected chi connectivity index (χ3v) is 5.77. The van der Waals surface area contributed by atoms with Crippen molar-refractivity contribution in [3.63, 3.8) is 0 Å². The molecular formula is C23H32BrN3O5S. The maximum Gasteiger partial charge on any atom is 0.308 e. The zero-order valence-corrected chi connectivity index (χ0v) is 21.7. The van der Waals surface area contributed by atoms with Crippen LogP contribution in [0.3, 0.4) is 0 Å². The van der Waals surface area contributed by atoms with Crippen LogP contribution in [0, 0.1) is 5.92 Å². The lowest BCUT2D eigenvalue weighted by Crippen LogP contribution is -2.60. The number of carbonyl (C=O) groups is 3. The normalized spacial score (nSPS) is 15.7. The van der Waals surface area contributed by atoms with E-state index >= 15 is 0 Å². The van der Waals surface area contributed by atoms with Gasteiger partial charge in [-0.1, -0.05) is 49.5 Å². The number of amides is 2. The van der Waals surface area contributed by atoms with Gasteiger partial charge in [-0.2, -0.15) is 0 Å². The van der Waals surface area contributed by atoms with E-state index in [2.05, 4.69) is 33.5 Å². The molecule has 2 N–H and O–H groups in total. The highest BCUT2D eigenvalue weighted by Crippen LogP contribution is 2.24. The number of carbonyl (C=O) groups excluding carboxylic acids is 3. The smallest absolute Gasteiger partial charge is 0.308 e. The summed E-state index contributed by atoms with van der Waals surface area (Å²) in [5, 5.41) is 5.51. The molecule has 1 saturated heterocycles. The topological polar surface area (TPSA) is 97.0 Å². The molecule has 1 aromatic carbocycles. The molecule has 1 heterocycles. The van der Waals surface area contributed by atoms with Crippen molar-refractivity contribution < 1.29 is 23.9 Å². The van der Waals surface area contributed by atoms with Gasteiger partial charge in [0.2, 0.25) is 5.91 Å². The number of nitrogens with zero attached hydrogens (tertiary/aromatic N) is 1. The predicted octanol–water partition coefficient (Wildman–Crippen LogP) is 3.42. The number of rotatable bonds is 10. The molecule has 33 heavy (non-hydrogen) atoms. The second-order valence-corrected chi connectivity index (χ2v) is 9.54. The highest BCUT2D eigenvalue weighted by molar-refractivity contribution is 9.10. The number of thiocarbonyl (C=S) groups is 1. The molecule has 8 nitrogen and oxygen atoms in total. The lowest BCUT2D eigenvalue weighted by atomic mass is 10.1. The van der Waals surface area contributed by atoms with Crippen molar-refractivity contribution in [3.05, 3.63) is 28.2 Å². The van der Waals surface area contributed by atoms with Gasteiger partial charge < -0.3 is 19.7 Å². The minimum absolute atomic E-state index is 0.0772. The van der Waals surface area contributed by atoms with Gasteiger partial charge in [0.25, 0.3) is 5.91 Å². The van der Waals surface area contributed by atoms with Crippen LogP contribution in [0.2, 0.25) is 0 Å². The molecule has 0 aliphatic carbocycles. The molecule has 0 radical (unpaired) electrons. The highest BCUT2D eigenvalue weighted by atomic mass is 79.9. The fraction of sp³-hybridized carbons (Fsp3) is 0.565. The van der Waals surface area contributed by atoms with Crippen molar-refractivity contribution in [1.82, 2.24) is 15.5 Å². The van der Waals surface area contributed by atoms with E-state index in [1.165, 1.54) is 0 Å². The van der Waals surface area contributed by atoms with Crippen LogP contribution in [0.4, 0.5) is 0 Å². The number of esters is 1. The number of nitrogens with one attached hydrogen (secondary N) is 2. The van der Waals surface area contributed by atoms with Crippen molar-refractivity contribution in [2.45, 2.75) is 52.5 Å². The van der Waals surface area contributed by atoms with E-state index in [1.807, 2.05) is 13.8 Å². The number of unbranched alkanes of at least 4 members (excludes halogenated alkanes) is 2. The minimum atomic E-state index is -0.843. The zero-order valence-electron chi connectivity index (χ0n) is 19.3. The molecule has 0 saturated carbocycles. The molecule has 0 spiro atoms. The Kier molecular flexibility index (Phi) is 11.1. The monoisotopic (exact) mass is 541 g/mol. The summed E-state index contributed by atoms with van der Waals surface area (Å²) in [7, 11) is 0. The van der Waals surface area contributed by atoms with Gasteiger partial charge in [0.15, 0.2) is 5.11 Å². The molecule has 2 rings (SSSR count). The Bertz CT molecular complexity index is 864. The molecule has 1 fully saturated rings. The second-order valence-electron chi connectivity index (χ2n) is 8.24. The number of piperazine rings is 1. The first-order valence-corrected chi connectivity index (χ1v) is 12.4. The third-order valence-electron chi connectivity index (χ3n) is 4.94. The molecule has 2 amide bonds. The largest absolute Gasteiger partial charge is 0.492 e. The van der Waals surface area contributed by atoms with Gasteiger partial charge in [-0.05, 0) is 42.8 Å². The van der Waals surface area contributed by atoms with Crippen LogP contribution in [-0.4, -0.2) is 60.1 Å². The number of halogens is 1. The van der Waals surface area contributed by atoms with E-state index in [9.17, 15) is 14.4 Å². The fourth-order valence-corrected chi connectivity index (χ4v) is 3.89. The first-order chi connectivity index (χ1) is 15.7. The van der Waals surface area contributed by atoms with Gasteiger partial charge in [-0.15, -0.1) is 0 Å². The Morgan fingerprint density at radius 1 is 1.33 bits per heavy atom. The van der Waals surface area contributed by atoms with E-state index in [-0.39, 0.29) is 17.4 Å². The quantitative estimate of drug-likeness (QED) is 0.266. The van der Waals surface area contributed by atoms with Crippen molar-refractivity contribution in [3.8, 4) is 5.75 Å². The number of benzene rings is 1. The Balaban J connectivity index is 2.07. The summed E-state index contributed by atoms with van der Waals surface area (Å²) < 4.78 is 11.8. The van der Waals surface area contributed by atoms with Crippen LogP contribution >= 0.6 is 28.1 Å². The van der Waals surface area contributed by atoms with Crippen molar-refractivity contribution >= 4 is 51.0 Å². The van der Waals surface area contributed by atoms with Crippen molar-refractivity contribution in [2.24, 2.45) is 5.92 Å².